The first-order valence-corrected chi connectivity index (χ1v) is 9.36. The Bertz CT molecular complexity index is 1070. The summed E-state index contributed by atoms with van der Waals surface area (Å²) in [6.07, 6.45) is 5.67. The summed E-state index contributed by atoms with van der Waals surface area (Å²) in [4.78, 5) is 27.7. The maximum atomic E-state index is 12.9. The van der Waals surface area contributed by atoms with Gasteiger partial charge in [0, 0.05) is 25.4 Å². The molecular weight excluding hydrogens is 368 g/mol. The molecule has 0 radical (unpaired) electrons. The highest BCUT2D eigenvalue weighted by molar-refractivity contribution is 6.07. The number of ether oxygens (including phenoxy) is 1. The van der Waals surface area contributed by atoms with Crippen LogP contribution in [0.3, 0.4) is 0 Å². The molecule has 8 heteroatoms. The van der Waals surface area contributed by atoms with Crippen molar-refractivity contribution in [1.82, 2.24) is 15.0 Å². The molecule has 2 aromatic heterocycles. The van der Waals surface area contributed by atoms with Crippen LogP contribution in [0.25, 0.3) is 11.3 Å². The second-order valence-electron chi connectivity index (χ2n) is 6.94. The molecule has 29 heavy (non-hydrogen) atoms. The minimum absolute atomic E-state index is 0.0675. The standard InChI is InChI=1S/C21H22N6O2/c1-13-4-5-14-10-18(13)29-9-3-8-27(2)17-6-7-23-11-16(17)26-21(28)19-20(22)24-12-15(14)25-19/h4-7,10-12H,3,8-9H2,1-2H3,(H2,22,24)(H,26,28). The SMILES string of the molecule is Cc1ccc2cc1OCCCN(C)c1ccncc1NC(=O)c1nc-2cnc1N. The number of anilines is 3. The lowest BCUT2D eigenvalue weighted by molar-refractivity contribution is 0.102. The third-order valence-electron chi connectivity index (χ3n) is 4.85. The summed E-state index contributed by atoms with van der Waals surface area (Å²) in [6.45, 7) is 3.32. The number of carbonyl (C=O) groups excluding carboxylic acids is 1. The Kier molecular flexibility index (Phi) is 4.99. The average molecular weight is 390 g/mol. The molecule has 0 fully saturated rings. The van der Waals surface area contributed by atoms with E-state index < -0.39 is 5.91 Å². The third-order valence-corrected chi connectivity index (χ3v) is 4.85. The average Bonchev–Trinajstić information content (AvgIpc) is 2.72. The lowest BCUT2D eigenvalue weighted by Gasteiger charge is -2.22. The van der Waals surface area contributed by atoms with E-state index in [1.54, 1.807) is 18.6 Å². The van der Waals surface area contributed by atoms with Gasteiger partial charge in [0.15, 0.2) is 11.5 Å². The van der Waals surface area contributed by atoms with Crippen molar-refractivity contribution in [2.45, 2.75) is 13.3 Å². The number of nitrogens with two attached hydrogens (primary N) is 1. The highest BCUT2D eigenvalue weighted by Crippen LogP contribution is 2.28. The second-order valence-corrected chi connectivity index (χ2v) is 6.94. The molecule has 0 atom stereocenters. The number of pyridine rings is 1. The fraction of sp³-hybridized carbons (Fsp3) is 0.238. The van der Waals surface area contributed by atoms with E-state index in [0.29, 0.717) is 18.0 Å². The topological polar surface area (TPSA) is 106 Å². The van der Waals surface area contributed by atoms with Crippen LogP contribution >= 0.6 is 0 Å². The smallest absolute Gasteiger partial charge is 0.278 e. The summed E-state index contributed by atoms with van der Waals surface area (Å²) >= 11 is 0. The van der Waals surface area contributed by atoms with Crippen LogP contribution in [0, 0.1) is 6.92 Å². The molecule has 4 bridgehead atoms. The van der Waals surface area contributed by atoms with E-state index in [0.717, 1.165) is 35.5 Å². The zero-order chi connectivity index (χ0) is 20.4. The molecule has 3 N–H and O–H groups in total. The Labute approximate surface area is 168 Å². The molecular formula is C21H22N6O2. The minimum atomic E-state index is -0.432. The number of hydrogen-bond acceptors (Lipinski definition) is 7. The van der Waals surface area contributed by atoms with Crippen LogP contribution in [0.5, 0.6) is 5.75 Å². The van der Waals surface area contributed by atoms with E-state index in [-0.39, 0.29) is 11.5 Å². The maximum Gasteiger partial charge on any atom is 0.278 e. The van der Waals surface area contributed by atoms with Crippen molar-refractivity contribution in [3.63, 3.8) is 0 Å². The van der Waals surface area contributed by atoms with E-state index in [1.165, 1.54) is 0 Å². The minimum Gasteiger partial charge on any atom is -0.493 e. The fourth-order valence-electron chi connectivity index (χ4n) is 3.22. The summed E-state index contributed by atoms with van der Waals surface area (Å²) in [5, 5.41) is 2.87. The van der Waals surface area contributed by atoms with Gasteiger partial charge in [0.2, 0.25) is 0 Å². The number of hydrogen-bond donors (Lipinski definition) is 2. The highest BCUT2D eigenvalue weighted by Gasteiger charge is 2.18. The molecule has 148 valence electrons. The number of carbonyl (C=O) groups is 1. The normalized spacial score (nSPS) is 14.1. The molecule has 0 saturated carbocycles. The Morgan fingerprint density at radius 1 is 1.24 bits per heavy atom. The van der Waals surface area contributed by atoms with Crippen LogP contribution in [0.4, 0.5) is 17.2 Å². The van der Waals surface area contributed by atoms with Crippen LogP contribution in [-0.2, 0) is 0 Å². The first kappa shape index (κ1) is 18.7. The zero-order valence-electron chi connectivity index (χ0n) is 16.3. The van der Waals surface area contributed by atoms with Crippen molar-refractivity contribution in [3.05, 3.63) is 54.1 Å². The molecule has 1 aliphatic rings. The Morgan fingerprint density at radius 2 is 2.10 bits per heavy atom. The summed E-state index contributed by atoms with van der Waals surface area (Å²) in [7, 11) is 1.96. The molecule has 4 rings (SSSR count). The summed E-state index contributed by atoms with van der Waals surface area (Å²) in [5.41, 5.74) is 9.84. The largest absolute Gasteiger partial charge is 0.493 e. The van der Waals surface area contributed by atoms with E-state index >= 15 is 0 Å². The van der Waals surface area contributed by atoms with Crippen molar-refractivity contribution in [2.75, 3.05) is 36.1 Å². The van der Waals surface area contributed by atoms with Gasteiger partial charge in [0.1, 0.15) is 5.75 Å². The predicted molar refractivity (Wildman–Crippen MR) is 112 cm³/mol. The molecule has 3 aromatic rings. The lowest BCUT2D eigenvalue weighted by Crippen LogP contribution is -2.23. The number of rotatable bonds is 0. The van der Waals surface area contributed by atoms with E-state index in [9.17, 15) is 4.79 Å². The number of nitrogens with one attached hydrogen (secondary N) is 1. The van der Waals surface area contributed by atoms with Gasteiger partial charge >= 0.3 is 0 Å². The van der Waals surface area contributed by atoms with Gasteiger partial charge in [-0.2, -0.15) is 0 Å². The van der Waals surface area contributed by atoms with Crippen LogP contribution < -0.4 is 20.7 Å². The van der Waals surface area contributed by atoms with Crippen molar-refractivity contribution >= 4 is 23.1 Å². The van der Waals surface area contributed by atoms with Crippen LogP contribution in [0.1, 0.15) is 22.5 Å². The summed E-state index contributed by atoms with van der Waals surface area (Å²) in [6, 6.07) is 7.66. The summed E-state index contributed by atoms with van der Waals surface area (Å²) < 4.78 is 6.01. The summed E-state index contributed by atoms with van der Waals surface area (Å²) in [5.74, 6) is 0.421. The first-order valence-electron chi connectivity index (χ1n) is 9.36. The second kappa shape index (κ2) is 7.75. The highest BCUT2D eigenvalue weighted by atomic mass is 16.5. The van der Waals surface area contributed by atoms with Gasteiger partial charge in [-0.1, -0.05) is 12.1 Å². The number of aryl methyl sites for hydroxylation is 1. The molecule has 0 unspecified atom stereocenters. The Morgan fingerprint density at radius 3 is 2.97 bits per heavy atom. The van der Waals surface area contributed by atoms with Crippen LogP contribution in [0.15, 0.2) is 42.9 Å². The number of fused-ring (bicyclic) bond motifs is 6. The maximum absolute atomic E-state index is 12.9. The number of benzene rings is 1. The van der Waals surface area contributed by atoms with Gasteiger partial charge in [-0.3, -0.25) is 9.78 Å². The Balaban J connectivity index is 1.81. The third kappa shape index (κ3) is 3.82. The molecule has 0 aliphatic carbocycles. The monoisotopic (exact) mass is 390 g/mol. The molecule has 3 heterocycles. The molecule has 1 aliphatic heterocycles. The van der Waals surface area contributed by atoms with Gasteiger partial charge < -0.3 is 20.7 Å². The number of aromatic nitrogens is 3. The van der Waals surface area contributed by atoms with Gasteiger partial charge in [-0.25, -0.2) is 9.97 Å². The molecule has 8 nitrogen and oxygen atoms in total. The van der Waals surface area contributed by atoms with Gasteiger partial charge in [-0.15, -0.1) is 0 Å². The van der Waals surface area contributed by atoms with E-state index in [1.807, 2.05) is 38.2 Å². The van der Waals surface area contributed by atoms with Gasteiger partial charge in [-0.05, 0) is 31.0 Å². The number of nitrogen functional groups attached to an aromatic ring is 1. The number of nitrogens with zero attached hydrogens (tertiary/aromatic N) is 4. The van der Waals surface area contributed by atoms with Crippen molar-refractivity contribution < 1.29 is 9.53 Å². The molecule has 1 amide bonds. The molecule has 1 aromatic carbocycles. The fourth-order valence-corrected chi connectivity index (χ4v) is 3.22. The Hall–Kier alpha value is -3.68. The van der Waals surface area contributed by atoms with Crippen molar-refractivity contribution in [3.8, 4) is 17.0 Å². The van der Waals surface area contributed by atoms with E-state index in [2.05, 4.69) is 25.2 Å². The number of amides is 1. The lowest BCUT2D eigenvalue weighted by atomic mass is 10.1. The first-order chi connectivity index (χ1) is 14.0. The van der Waals surface area contributed by atoms with Crippen LogP contribution in [-0.4, -0.2) is 41.1 Å². The quantitative estimate of drug-likeness (QED) is 0.608. The van der Waals surface area contributed by atoms with Gasteiger partial charge in [0.25, 0.3) is 5.91 Å². The van der Waals surface area contributed by atoms with E-state index in [4.69, 9.17) is 10.5 Å². The van der Waals surface area contributed by atoms with Crippen molar-refractivity contribution in [2.24, 2.45) is 0 Å². The van der Waals surface area contributed by atoms with Gasteiger partial charge in [0.05, 0.1) is 36.1 Å². The predicted octanol–water partition coefficient (Wildman–Crippen LogP) is 2.90. The molecule has 0 spiro atoms. The molecule has 0 saturated heterocycles. The zero-order valence-corrected chi connectivity index (χ0v) is 16.3. The van der Waals surface area contributed by atoms with Crippen molar-refractivity contribution in [1.29, 1.82) is 0 Å². The van der Waals surface area contributed by atoms with Crippen LogP contribution in [0.2, 0.25) is 0 Å².